The Balaban J connectivity index is 1.57. The van der Waals surface area contributed by atoms with Crippen LogP contribution in [0.5, 0.6) is 0 Å². The van der Waals surface area contributed by atoms with E-state index >= 15 is 4.39 Å². The van der Waals surface area contributed by atoms with E-state index < -0.39 is 36.7 Å². The van der Waals surface area contributed by atoms with Gasteiger partial charge in [-0.15, -0.1) is 0 Å². The van der Waals surface area contributed by atoms with E-state index in [0.717, 1.165) is 16.7 Å². The molecule has 0 saturated carbocycles. The SMILES string of the molecule is CC(=O)OC[C@H]1O[C@H](F)[C@H](OCc2ccccc2)[C@@H](OCc2ccccc2)[C@H]1OCc1ccccc1. The zero-order valence-electron chi connectivity index (χ0n) is 20.2. The molecule has 1 heterocycles. The monoisotopic (exact) mass is 494 g/mol. The number of halogens is 1. The van der Waals surface area contributed by atoms with Gasteiger partial charge < -0.3 is 23.7 Å². The summed E-state index contributed by atoms with van der Waals surface area (Å²) in [5, 5.41) is 0. The van der Waals surface area contributed by atoms with E-state index in [-0.39, 0.29) is 26.4 Å². The molecule has 0 radical (unpaired) electrons. The summed E-state index contributed by atoms with van der Waals surface area (Å²) in [6.07, 6.45) is -5.29. The topological polar surface area (TPSA) is 63.2 Å². The van der Waals surface area contributed by atoms with Crippen LogP contribution in [-0.2, 0) is 48.3 Å². The van der Waals surface area contributed by atoms with Crippen LogP contribution in [0.2, 0.25) is 0 Å². The van der Waals surface area contributed by atoms with Crippen molar-refractivity contribution in [3.63, 3.8) is 0 Å². The summed E-state index contributed by atoms with van der Waals surface area (Å²) in [6, 6.07) is 28.7. The lowest BCUT2D eigenvalue weighted by atomic mass is 9.98. The van der Waals surface area contributed by atoms with Crippen LogP contribution in [0.1, 0.15) is 23.6 Å². The fourth-order valence-electron chi connectivity index (χ4n) is 4.07. The van der Waals surface area contributed by atoms with Gasteiger partial charge in [0.25, 0.3) is 0 Å². The van der Waals surface area contributed by atoms with Gasteiger partial charge in [-0.05, 0) is 16.7 Å². The van der Waals surface area contributed by atoms with Gasteiger partial charge in [0.15, 0.2) is 0 Å². The average Bonchev–Trinajstić information content (AvgIpc) is 2.91. The first-order valence-electron chi connectivity index (χ1n) is 12.0. The minimum absolute atomic E-state index is 0.161. The third kappa shape index (κ3) is 7.45. The molecule has 190 valence electrons. The third-order valence-electron chi connectivity index (χ3n) is 5.88. The van der Waals surface area contributed by atoms with E-state index in [1.165, 1.54) is 6.92 Å². The summed E-state index contributed by atoms with van der Waals surface area (Å²) in [6.45, 7) is 1.80. The van der Waals surface area contributed by atoms with Gasteiger partial charge in [0, 0.05) is 6.92 Å². The van der Waals surface area contributed by atoms with Crippen LogP contribution in [0.4, 0.5) is 4.39 Å². The third-order valence-corrected chi connectivity index (χ3v) is 5.88. The Morgan fingerprint density at radius 2 is 1.11 bits per heavy atom. The number of ether oxygens (including phenoxy) is 5. The lowest BCUT2D eigenvalue weighted by molar-refractivity contribution is -0.297. The maximum Gasteiger partial charge on any atom is 0.302 e. The zero-order valence-corrected chi connectivity index (χ0v) is 20.2. The highest BCUT2D eigenvalue weighted by Crippen LogP contribution is 2.31. The lowest BCUT2D eigenvalue weighted by Gasteiger charge is -2.43. The first-order valence-corrected chi connectivity index (χ1v) is 12.0. The largest absolute Gasteiger partial charge is 0.463 e. The quantitative estimate of drug-likeness (QED) is 0.350. The van der Waals surface area contributed by atoms with Crippen molar-refractivity contribution < 1.29 is 32.9 Å². The zero-order chi connectivity index (χ0) is 25.2. The van der Waals surface area contributed by atoms with Crippen LogP contribution in [0.15, 0.2) is 91.0 Å². The highest BCUT2D eigenvalue weighted by atomic mass is 19.1. The standard InChI is InChI=1S/C29H31FO6/c1-21(31)32-20-25-26(33-17-22-11-5-2-6-12-22)27(34-18-23-13-7-3-8-14-23)28(29(30)36-25)35-19-24-15-9-4-10-16-24/h2-16,25-29H,17-20H2,1H3/t25-,26+,27+,28-,29+/m1/s1. The molecule has 0 aromatic heterocycles. The van der Waals surface area contributed by atoms with E-state index in [1.807, 2.05) is 91.0 Å². The van der Waals surface area contributed by atoms with E-state index in [0.29, 0.717) is 0 Å². The van der Waals surface area contributed by atoms with Crippen LogP contribution >= 0.6 is 0 Å². The fourth-order valence-corrected chi connectivity index (χ4v) is 4.07. The molecule has 0 N–H and O–H groups in total. The summed E-state index contributed by atoms with van der Waals surface area (Å²) in [4.78, 5) is 11.5. The Morgan fingerprint density at radius 3 is 1.56 bits per heavy atom. The number of esters is 1. The van der Waals surface area contributed by atoms with Crippen LogP contribution in [0.3, 0.4) is 0 Å². The molecule has 0 bridgehead atoms. The van der Waals surface area contributed by atoms with E-state index in [2.05, 4.69) is 0 Å². The molecule has 7 heteroatoms. The maximum atomic E-state index is 15.4. The fraction of sp³-hybridized carbons (Fsp3) is 0.345. The molecule has 0 unspecified atom stereocenters. The summed E-state index contributed by atoms with van der Waals surface area (Å²) < 4.78 is 44.8. The molecule has 1 aliphatic rings. The van der Waals surface area contributed by atoms with Gasteiger partial charge in [-0.25, -0.2) is 4.39 Å². The average molecular weight is 495 g/mol. The summed E-state index contributed by atoms with van der Waals surface area (Å²) >= 11 is 0. The van der Waals surface area contributed by atoms with E-state index in [9.17, 15) is 4.79 Å². The maximum absolute atomic E-state index is 15.4. The Hall–Kier alpha value is -3.10. The Labute approximate surface area is 210 Å². The van der Waals surface area contributed by atoms with Crippen molar-refractivity contribution in [3.05, 3.63) is 108 Å². The minimum atomic E-state index is -1.80. The first kappa shape index (κ1) is 26.0. The number of carbonyl (C=O) groups is 1. The van der Waals surface area contributed by atoms with Crippen molar-refractivity contribution in [2.24, 2.45) is 0 Å². The highest BCUT2D eigenvalue weighted by molar-refractivity contribution is 5.65. The number of hydrogen-bond acceptors (Lipinski definition) is 6. The van der Waals surface area contributed by atoms with Crippen molar-refractivity contribution in [1.82, 2.24) is 0 Å². The van der Waals surface area contributed by atoms with Gasteiger partial charge in [-0.3, -0.25) is 4.79 Å². The first-order chi connectivity index (χ1) is 17.6. The smallest absolute Gasteiger partial charge is 0.302 e. The molecule has 4 rings (SSSR count). The second-order valence-electron chi connectivity index (χ2n) is 8.61. The molecule has 0 spiro atoms. The Kier molecular flexibility index (Phi) is 9.58. The second kappa shape index (κ2) is 13.3. The molecule has 6 nitrogen and oxygen atoms in total. The molecule has 1 fully saturated rings. The van der Waals surface area contributed by atoms with Crippen molar-refractivity contribution >= 4 is 5.97 Å². The number of benzene rings is 3. The van der Waals surface area contributed by atoms with Gasteiger partial charge in [0.1, 0.15) is 31.0 Å². The van der Waals surface area contributed by atoms with Gasteiger partial charge in [0.05, 0.1) is 19.8 Å². The van der Waals surface area contributed by atoms with Crippen LogP contribution in [0.25, 0.3) is 0 Å². The molecular formula is C29H31FO6. The normalized spacial score (nSPS) is 23.8. The van der Waals surface area contributed by atoms with E-state index in [4.69, 9.17) is 23.7 Å². The second-order valence-corrected chi connectivity index (χ2v) is 8.61. The van der Waals surface area contributed by atoms with E-state index in [1.54, 1.807) is 0 Å². The highest BCUT2D eigenvalue weighted by Gasteiger charge is 2.49. The Bertz CT molecular complexity index is 1050. The molecule has 0 aliphatic carbocycles. The molecule has 1 aliphatic heterocycles. The lowest BCUT2D eigenvalue weighted by Crippen LogP contribution is -2.60. The van der Waals surface area contributed by atoms with Gasteiger partial charge >= 0.3 is 5.97 Å². The van der Waals surface area contributed by atoms with Gasteiger partial charge in [-0.1, -0.05) is 91.0 Å². The number of carbonyl (C=O) groups excluding carboxylic acids is 1. The van der Waals surface area contributed by atoms with Crippen LogP contribution in [0, 0.1) is 0 Å². The molecule has 36 heavy (non-hydrogen) atoms. The van der Waals surface area contributed by atoms with Gasteiger partial charge in [0.2, 0.25) is 6.36 Å². The predicted octanol–water partition coefficient (Wildman–Crippen LogP) is 5.00. The molecule has 5 atom stereocenters. The molecule has 0 amide bonds. The Morgan fingerprint density at radius 1 is 0.694 bits per heavy atom. The molecular weight excluding hydrogens is 463 g/mol. The van der Waals surface area contributed by atoms with Crippen molar-refractivity contribution in [2.45, 2.75) is 57.5 Å². The predicted molar refractivity (Wildman–Crippen MR) is 131 cm³/mol. The molecule has 1 saturated heterocycles. The number of alkyl halides is 1. The molecule has 3 aromatic carbocycles. The number of rotatable bonds is 11. The van der Waals surface area contributed by atoms with Crippen molar-refractivity contribution in [1.29, 1.82) is 0 Å². The summed E-state index contributed by atoms with van der Waals surface area (Å²) in [5.41, 5.74) is 2.77. The minimum Gasteiger partial charge on any atom is -0.463 e. The molecule has 3 aromatic rings. The van der Waals surface area contributed by atoms with Crippen LogP contribution < -0.4 is 0 Å². The van der Waals surface area contributed by atoms with Gasteiger partial charge in [-0.2, -0.15) is 0 Å². The van der Waals surface area contributed by atoms with Crippen LogP contribution in [-0.4, -0.2) is 43.3 Å². The van der Waals surface area contributed by atoms with Crippen molar-refractivity contribution in [3.8, 4) is 0 Å². The number of hydrogen-bond donors (Lipinski definition) is 0. The summed E-state index contributed by atoms with van der Waals surface area (Å²) in [7, 11) is 0. The summed E-state index contributed by atoms with van der Waals surface area (Å²) in [5.74, 6) is -0.486. The van der Waals surface area contributed by atoms with Crippen molar-refractivity contribution in [2.75, 3.05) is 6.61 Å².